The average molecular weight is 1070 g/mol. The van der Waals surface area contributed by atoms with E-state index in [0.717, 1.165) is 40.7 Å². The maximum Gasteiger partial charge on any atom is 0.319 e. The first-order valence-electron chi connectivity index (χ1n) is 25.6. The van der Waals surface area contributed by atoms with Crippen LogP contribution in [0.1, 0.15) is 109 Å². The predicted molar refractivity (Wildman–Crippen MR) is 288 cm³/mol. The molecule has 0 unspecified atom stereocenters. The third-order valence-corrected chi connectivity index (χ3v) is 15.6. The number of halogens is 2. The number of anilines is 2. The van der Waals surface area contributed by atoms with Gasteiger partial charge in [-0.05, 0) is 129 Å². The Hall–Kier alpha value is -7.26. The fourth-order valence-corrected chi connectivity index (χ4v) is 10.4. The summed E-state index contributed by atoms with van der Waals surface area (Å²) in [5, 5.41) is 23.6. The molecule has 77 heavy (non-hydrogen) atoms. The number of nitriles is 2. The first-order chi connectivity index (χ1) is 36.7. The molecule has 0 bridgehead atoms. The number of hydrogen-bond donors (Lipinski definition) is 4. The largest absolute Gasteiger partial charge is 0.398 e. The zero-order chi connectivity index (χ0) is 55.5. The third-order valence-electron chi connectivity index (χ3n) is 14.5. The Morgan fingerprint density at radius 3 is 1.56 bits per heavy atom. The Bertz CT molecular complexity index is 3100. The summed E-state index contributed by atoms with van der Waals surface area (Å²) in [6, 6.07) is 30.5. The van der Waals surface area contributed by atoms with Gasteiger partial charge in [0.05, 0.1) is 53.5 Å². The topological polar surface area (TPSA) is 229 Å². The molecular formula is C58H66F2N8O8S. The molecule has 2 atom stereocenters. The third kappa shape index (κ3) is 14.6. The summed E-state index contributed by atoms with van der Waals surface area (Å²) in [7, 11) is -3.73. The van der Waals surface area contributed by atoms with Gasteiger partial charge in [0, 0.05) is 87.6 Å². The van der Waals surface area contributed by atoms with E-state index in [-0.39, 0.29) is 73.6 Å². The van der Waals surface area contributed by atoms with Crippen molar-refractivity contribution < 1.29 is 45.3 Å². The van der Waals surface area contributed by atoms with E-state index in [9.17, 15) is 22.8 Å². The van der Waals surface area contributed by atoms with Crippen molar-refractivity contribution in [1.82, 2.24) is 20.6 Å². The second-order valence-corrected chi connectivity index (χ2v) is 21.6. The van der Waals surface area contributed by atoms with E-state index < -0.39 is 21.5 Å². The number of alkyl halides is 2. The highest BCUT2D eigenvalue weighted by Crippen LogP contribution is 2.39. The highest BCUT2D eigenvalue weighted by molar-refractivity contribution is 7.86. The highest BCUT2D eigenvalue weighted by Gasteiger charge is 2.39. The molecule has 0 spiro atoms. The van der Waals surface area contributed by atoms with Crippen LogP contribution in [0.3, 0.4) is 0 Å². The smallest absolute Gasteiger partial charge is 0.319 e. The van der Waals surface area contributed by atoms with Gasteiger partial charge in [-0.15, -0.1) is 0 Å². The summed E-state index contributed by atoms with van der Waals surface area (Å²) >= 11 is 0. The molecule has 4 heterocycles. The van der Waals surface area contributed by atoms with Crippen molar-refractivity contribution in [1.29, 1.82) is 10.5 Å². The van der Waals surface area contributed by atoms with Gasteiger partial charge < -0.3 is 35.6 Å². The highest BCUT2D eigenvalue weighted by atomic mass is 32.2. The maximum absolute atomic E-state index is 15.6. The van der Waals surface area contributed by atoms with Crippen molar-refractivity contribution in [2.45, 2.75) is 101 Å². The zero-order valence-corrected chi connectivity index (χ0v) is 44.9. The Balaban J connectivity index is 0.000000177. The molecule has 0 aliphatic carbocycles. The lowest BCUT2D eigenvalue weighted by atomic mass is 9.85. The van der Waals surface area contributed by atoms with Crippen molar-refractivity contribution in [2.24, 2.45) is 0 Å². The van der Waals surface area contributed by atoms with Gasteiger partial charge in [0.1, 0.15) is 11.3 Å². The average Bonchev–Trinajstić information content (AvgIpc) is 4.17. The number of nitrogens with zero attached hydrogens (tertiary/aromatic N) is 4. The van der Waals surface area contributed by atoms with Crippen LogP contribution in [0.4, 0.5) is 25.0 Å². The molecule has 19 heteroatoms. The minimum Gasteiger partial charge on any atom is -0.398 e. The van der Waals surface area contributed by atoms with E-state index in [1.807, 2.05) is 58.9 Å². The molecule has 4 fully saturated rings. The van der Waals surface area contributed by atoms with Gasteiger partial charge in [0.15, 0.2) is 0 Å². The van der Waals surface area contributed by atoms with Crippen LogP contribution in [-0.2, 0) is 35.2 Å². The number of aryl methyl sites for hydroxylation is 5. The molecule has 5 aromatic carbocycles. The number of urea groups is 1. The minimum atomic E-state index is -3.73. The van der Waals surface area contributed by atoms with Crippen molar-refractivity contribution in [2.75, 3.05) is 63.7 Å². The number of ether oxygens (including phenoxy) is 2. The lowest BCUT2D eigenvalue weighted by molar-refractivity contribution is 0.0412. The van der Waals surface area contributed by atoms with Crippen LogP contribution in [0.2, 0.25) is 0 Å². The molecule has 406 valence electrons. The second-order valence-electron chi connectivity index (χ2n) is 20.1. The fraction of sp³-hybridized carbons (Fsp3) is 0.397. The van der Waals surface area contributed by atoms with E-state index in [1.54, 1.807) is 82.6 Å². The van der Waals surface area contributed by atoms with E-state index in [0.29, 0.717) is 84.3 Å². The van der Waals surface area contributed by atoms with Crippen molar-refractivity contribution in [3.63, 3.8) is 0 Å². The van der Waals surface area contributed by atoms with E-state index >= 15 is 8.78 Å². The SMILES string of the molecule is Cc1cc(C)c(C(=O)N2CCC(F)(c3ccc(C#N)cc3)CC2)cc1N.Cc1cc(C)c(C(=O)N2CCC(F)(c3ccc(C#N)cc3)CC2)cc1NC(=O)N[C@@H]1CCOC1.Cc1ccc(S(=O)(=O)ON[C@@H]2CCOC2)cc1. The van der Waals surface area contributed by atoms with Gasteiger partial charge in [-0.3, -0.25) is 9.59 Å². The van der Waals surface area contributed by atoms with Crippen LogP contribution < -0.4 is 21.8 Å². The lowest BCUT2D eigenvalue weighted by Crippen LogP contribution is -2.43. The standard InChI is InChI=1S/C26H29FN4O3.C21H22FN3O.C11H15NO4S/c1-17-13-18(2)23(30-25(33)29-21-7-12-34-16-21)14-22(17)24(32)31-10-8-26(27,9-11-31)20-5-3-19(15-28)4-6-20;1-14-11-15(2)19(24)12-18(14)20(26)25-9-7-21(22,8-10-25)17-5-3-16(13-23)4-6-17;1-9-2-4-11(5-3-9)17(13,14)16-12-10-6-7-15-8-10/h3-6,13-14,21H,7-12,16H2,1-2H3,(H2,29,30,33);3-6,11-12H,7-10,24H2,1-2H3;2-5,10,12H,6-8H2,1H3/t21-;;10-/m1.1/s1. The van der Waals surface area contributed by atoms with Crippen molar-refractivity contribution >= 4 is 39.3 Å². The molecule has 5 N–H and O–H groups in total. The number of nitrogens with one attached hydrogen (secondary N) is 3. The fourth-order valence-electron chi connectivity index (χ4n) is 9.55. The molecular weight excluding hydrogens is 1010 g/mol. The van der Waals surface area contributed by atoms with E-state index in [1.165, 1.54) is 12.1 Å². The molecule has 0 aromatic heterocycles. The summed E-state index contributed by atoms with van der Waals surface area (Å²) in [6.07, 6.45) is 2.38. The number of carbonyl (C=O) groups is 3. The summed E-state index contributed by atoms with van der Waals surface area (Å²) in [6.45, 7) is 12.9. The van der Waals surface area contributed by atoms with E-state index in [2.05, 4.69) is 16.1 Å². The number of benzene rings is 5. The normalized spacial score (nSPS) is 18.6. The van der Waals surface area contributed by atoms with Gasteiger partial charge >= 0.3 is 16.1 Å². The monoisotopic (exact) mass is 1070 g/mol. The number of amides is 4. The number of nitrogen functional groups attached to an aromatic ring is 1. The maximum atomic E-state index is 15.6. The number of carbonyl (C=O) groups excluding carboxylic acids is 3. The Morgan fingerprint density at radius 2 is 1.10 bits per heavy atom. The lowest BCUT2D eigenvalue weighted by Gasteiger charge is -2.37. The van der Waals surface area contributed by atoms with Crippen LogP contribution in [0.5, 0.6) is 0 Å². The van der Waals surface area contributed by atoms with Crippen LogP contribution >= 0.6 is 0 Å². The molecule has 0 radical (unpaired) electrons. The quantitative estimate of drug-likeness (QED) is 0.0759. The van der Waals surface area contributed by atoms with Gasteiger partial charge in [0.25, 0.3) is 11.8 Å². The molecule has 9 rings (SSSR count). The van der Waals surface area contributed by atoms with Gasteiger partial charge in [0.2, 0.25) is 0 Å². The van der Waals surface area contributed by atoms with Crippen molar-refractivity contribution in [3.8, 4) is 12.1 Å². The number of hydroxylamine groups is 1. The van der Waals surface area contributed by atoms with Crippen LogP contribution in [-0.4, -0.2) is 101 Å². The number of nitrogens with two attached hydrogens (primary N) is 1. The minimum absolute atomic E-state index is 0.0164. The molecule has 4 saturated heterocycles. The van der Waals surface area contributed by atoms with Gasteiger partial charge in [-0.1, -0.05) is 54.1 Å². The number of likely N-dealkylation sites (tertiary alicyclic amines) is 2. The van der Waals surface area contributed by atoms with Crippen molar-refractivity contribution in [3.05, 3.63) is 158 Å². The van der Waals surface area contributed by atoms with Gasteiger partial charge in [-0.25, -0.2) is 13.6 Å². The van der Waals surface area contributed by atoms with Crippen LogP contribution in [0, 0.1) is 57.3 Å². The predicted octanol–water partition coefficient (Wildman–Crippen LogP) is 9.04. The summed E-state index contributed by atoms with van der Waals surface area (Å²) < 4.78 is 69.7. The first kappa shape index (κ1) is 57.4. The molecule has 4 amide bonds. The van der Waals surface area contributed by atoms with Crippen LogP contribution in [0.15, 0.2) is 102 Å². The Kier molecular flexibility index (Phi) is 18.8. The summed E-state index contributed by atoms with van der Waals surface area (Å²) in [5.41, 5.74) is 14.3. The summed E-state index contributed by atoms with van der Waals surface area (Å²) in [4.78, 5) is 42.0. The molecule has 5 aromatic rings. The summed E-state index contributed by atoms with van der Waals surface area (Å²) in [5.74, 6) is -0.275. The number of rotatable bonds is 10. The molecule has 0 saturated carbocycles. The molecule has 4 aliphatic heterocycles. The molecule has 4 aliphatic rings. The number of piperidine rings is 2. The Labute approximate surface area is 449 Å². The zero-order valence-electron chi connectivity index (χ0n) is 44.1. The van der Waals surface area contributed by atoms with E-state index in [4.69, 9.17) is 30.0 Å². The number of hydrogen-bond acceptors (Lipinski definition) is 12. The van der Waals surface area contributed by atoms with Gasteiger partial charge in [-0.2, -0.15) is 28.7 Å². The first-order valence-corrected chi connectivity index (χ1v) is 27.1. The molecule has 16 nitrogen and oxygen atoms in total. The van der Waals surface area contributed by atoms with Crippen LogP contribution in [0.25, 0.3) is 0 Å². The Morgan fingerprint density at radius 1 is 0.649 bits per heavy atom. The second kappa shape index (κ2) is 25.3.